The SMILES string of the molecule is O=C(Nc1cccc(Nc2ncnc(-n3c(=O)[nH]c4ccccc43)n2)c1)O[C@@H]1CCOC1. The van der Waals surface area contributed by atoms with E-state index < -0.39 is 6.09 Å². The molecule has 1 amide bonds. The number of carbonyl (C=O) groups excluding carboxylic acids is 1. The summed E-state index contributed by atoms with van der Waals surface area (Å²) in [4.78, 5) is 39.9. The van der Waals surface area contributed by atoms with Crippen molar-refractivity contribution in [2.75, 3.05) is 23.8 Å². The Morgan fingerprint density at radius 1 is 1.16 bits per heavy atom. The van der Waals surface area contributed by atoms with Gasteiger partial charge in [0.25, 0.3) is 0 Å². The smallest absolute Gasteiger partial charge is 0.411 e. The van der Waals surface area contributed by atoms with Crippen LogP contribution in [0.2, 0.25) is 0 Å². The predicted molar refractivity (Wildman–Crippen MR) is 116 cm³/mol. The Bertz CT molecular complexity index is 1330. The lowest BCUT2D eigenvalue weighted by Gasteiger charge is -2.12. The number of benzene rings is 2. The normalized spacial score (nSPS) is 15.6. The second-order valence-electron chi connectivity index (χ2n) is 7.11. The number of imidazole rings is 1. The number of fused-ring (bicyclic) bond motifs is 1. The molecule has 0 spiro atoms. The van der Waals surface area contributed by atoms with Crippen LogP contribution in [0.3, 0.4) is 0 Å². The van der Waals surface area contributed by atoms with Crippen LogP contribution in [0.25, 0.3) is 17.0 Å². The van der Waals surface area contributed by atoms with E-state index >= 15 is 0 Å². The highest BCUT2D eigenvalue weighted by Gasteiger charge is 2.20. The molecule has 2 aromatic carbocycles. The van der Waals surface area contributed by atoms with E-state index in [2.05, 4.69) is 30.6 Å². The molecule has 5 rings (SSSR count). The van der Waals surface area contributed by atoms with E-state index in [9.17, 15) is 9.59 Å². The summed E-state index contributed by atoms with van der Waals surface area (Å²) < 4.78 is 11.9. The van der Waals surface area contributed by atoms with Gasteiger partial charge in [-0.05, 0) is 30.3 Å². The van der Waals surface area contributed by atoms with Crippen molar-refractivity contribution in [3.05, 3.63) is 65.3 Å². The molecule has 1 fully saturated rings. The second-order valence-corrected chi connectivity index (χ2v) is 7.11. The van der Waals surface area contributed by atoms with Gasteiger partial charge in [0, 0.05) is 17.8 Å². The first-order valence-corrected chi connectivity index (χ1v) is 9.97. The number of hydrogen-bond donors (Lipinski definition) is 3. The van der Waals surface area contributed by atoms with Crippen LogP contribution in [0, 0.1) is 0 Å². The molecule has 1 aliphatic heterocycles. The van der Waals surface area contributed by atoms with Gasteiger partial charge >= 0.3 is 11.8 Å². The van der Waals surface area contributed by atoms with Gasteiger partial charge in [-0.15, -0.1) is 0 Å². The average Bonchev–Trinajstić information content (AvgIpc) is 3.40. The Labute approximate surface area is 181 Å². The number of nitrogens with zero attached hydrogens (tertiary/aromatic N) is 4. The second kappa shape index (κ2) is 8.47. The Hall–Kier alpha value is -4.25. The van der Waals surface area contributed by atoms with Crippen molar-refractivity contribution in [2.24, 2.45) is 0 Å². The number of anilines is 3. The minimum absolute atomic E-state index is 0.182. The van der Waals surface area contributed by atoms with Crippen molar-refractivity contribution in [3.8, 4) is 5.95 Å². The highest BCUT2D eigenvalue weighted by atomic mass is 16.6. The fraction of sp³-hybridized carbons (Fsp3) is 0.190. The predicted octanol–water partition coefficient (Wildman–Crippen LogP) is 2.58. The fourth-order valence-corrected chi connectivity index (χ4v) is 3.42. The molecule has 11 heteroatoms. The first-order valence-electron chi connectivity index (χ1n) is 9.97. The highest BCUT2D eigenvalue weighted by Crippen LogP contribution is 2.20. The molecule has 162 valence electrons. The van der Waals surface area contributed by atoms with E-state index in [-0.39, 0.29) is 23.7 Å². The number of aromatic amines is 1. The summed E-state index contributed by atoms with van der Waals surface area (Å²) in [5.74, 6) is 0.427. The van der Waals surface area contributed by atoms with E-state index in [4.69, 9.17) is 9.47 Å². The molecule has 11 nitrogen and oxygen atoms in total. The zero-order valence-electron chi connectivity index (χ0n) is 16.8. The summed E-state index contributed by atoms with van der Waals surface area (Å²) in [5, 5.41) is 5.76. The Balaban J connectivity index is 1.34. The minimum Gasteiger partial charge on any atom is -0.443 e. The summed E-state index contributed by atoms with van der Waals surface area (Å²) >= 11 is 0. The molecule has 0 bridgehead atoms. The molecular weight excluding hydrogens is 414 g/mol. The zero-order valence-corrected chi connectivity index (χ0v) is 16.8. The number of H-pyrrole nitrogens is 1. The van der Waals surface area contributed by atoms with Crippen molar-refractivity contribution in [1.29, 1.82) is 0 Å². The number of para-hydroxylation sites is 2. The minimum atomic E-state index is -0.543. The first-order chi connectivity index (χ1) is 15.7. The number of amides is 1. The van der Waals surface area contributed by atoms with Crippen LogP contribution in [0.5, 0.6) is 0 Å². The van der Waals surface area contributed by atoms with E-state index in [0.717, 1.165) is 0 Å². The maximum absolute atomic E-state index is 12.4. The van der Waals surface area contributed by atoms with Gasteiger partial charge in [-0.1, -0.05) is 18.2 Å². The van der Waals surface area contributed by atoms with Crippen molar-refractivity contribution < 1.29 is 14.3 Å². The van der Waals surface area contributed by atoms with Gasteiger partial charge in [-0.2, -0.15) is 4.98 Å². The third kappa shape index (κ3) is 4.14. The van der Waals surface area contributed by atoms with Crippen LogP contribution in [0.15, 0.2) is 59.7 Å². The molecule has 0 saturated carbocycles. The maximum Gasteiger partial charge on any atom is 0.411 e. The summed E-state index contributed by atoms with van der Waals surface area (Å²) in [6.45, 7) is 1.01. The third-order valence-corrected chi connectivity index (χ3v) is 4.88. The van der Waals surface area contributed by atoms with Gasteiger partial charge < -0.3 is 19.8 Å². The molecule has 1 saturated heterocycles. The monoisotopic (exact) mass is 433 g/mol. The summed E-state index contributed by atoms with van der Waals surface area (Å²) in [5.41, 5.74) is 2.17. The van der Waals surface area contributed by atoms with Crippen molar-refractivity contribution in [3.63, 3.8) is 0 Å². The number of aromatic nitrogens is 5. The van der Waals surface area contributed by atoms with Gasteiger partial charge in [0.2, 0.25) is 11.9 Å². The summed E-state index contributed by atoms with van der Waals surface area (Å²) in [6.07, 6.45) is 1.24. The quantitative estimate of drug-likeness (QED) is 0.437. The van der Waals surface area contributed by atoms with E-state index in [0.29, 0.717) is 42.0 Å². The largest absolute Gasteiger partial charge is 0.443 e. The van der Waals surface area contributed by atoms with E-state index in [1.54, 1.807) is 36.4 Å². The van der Waals surface area contributed by atoms with Crippen molar-refractivity contribution in [2.45, 2.75) is 12.5 Å². The third-order valence-electron chi connectivity index (χ3n) is 4.88. The highest BCUT2D eigenvalue weighted by molar-refractivity contribution is 5.85. The molecule has 2 aromatic heterocycles. The number of rotatable bonds is 5. The lowest BCUT2D eigenvalue weighted by molar-refractivity contribution is 0.0932. The Morgan fingerprint density at radius 2 is 2.03 bits per heavy atom. The lowest BCUT2D eigenvalue weighted by Crippen LogP contribution is -2.22. The van der Waals surface area contributed by atoms with Gasteiger partial charge in [0.1, 0.15) is 12.4 Å². The molecule has 3 N–H and O–H groups in total. The van der Waals surface area contributed by atoms with Crippen LogP contribution >= 0.6 is 0 Å². The van der Waals surface area contributed by atoms with E-state index in [1.165, 1.54) is 10.9 Å². The molecule has 0 aliphatic carbocycles. The standard InChI is InChI=1S/C21H19N7O4/c29-20-26-16-6-1-2-7-17(16)28(20)19-23-12-22-18(27-19)24-13-4-3-5-14(10-13)25-21(30)32-15-8-9-31-11-15/h1-7,10,12,15H,8-9,11H2,(H,25,30)(H,26,29)(H,22,23,24,27)/t15-/m1/s1. The summed E-state index contributed by atoms with van der Waals surface area (Å²) in [6, 6.07) is 14.3. The number of hydrogen-bond acceptors (Lipinski definition) is 8. The zero-order chi connectivity index (χ0) is 21.9. The molecule has 1 aliphatic rings. The first kappa shape index (κ1) is 19.7. The topological polar surface area (TPSA) is 136 Å². The van der Waals surface area contributed by atoms with Gasteiger partial charge in [0.15, 0.2) is 0 Å². The van der Waals surface area contributed by atoms with Crippen molar-refractivity contribution >= 4 is 34.4 Å². The number of nitrogens with one attached hydrogen (secondary N) is 3. The molecule has 3 heterocycles. The van der Waals surface area contributed by atoms with Crippen LogP contribution in [0.1, 0.15) is 6.42 Å². The molecule has 32 heavy (non-hydrogen) atoms. The van der Waals surface area contributed by atoms with Gasteiger partial charge in [-0.25, -0.2) is 24.1 Å². The molecule has 0 unspecified atom stereocenters. The number of ether oxygens (including phenoxy) is 2. The van der Waals surface area contributed by atoms with Gasteiger partial charge in [-0.3, -0.25) is 5.32 Å². The lowest BCUT2D eigenvalue weighted by atomic mass is 10.3. The average molecular weight is 433 g/mol. The fourth-order valence-electron chi connectivity index (χ4n) is 3.42. The number of carbonyl (C=O) groups is 1. The van der Waals surface area contributed by atoms with Crippen LogP contribution in [-0.4, -0.2) is 49.9 Å². The van der Waals surface area contributed by atoms with Gasteiger partial charge in [0.05, 0.1) is 24.2 Å². The Morgan fingerprint density at radius 3 is 2.91 bits per heavy atom. The Kier molecular flexibility index (Phi) is 5.22. The maximum atomic E-state index is 12.4. The van der Waals surface area contributed by atoms with Crippen LogP contribution in [0.4, 0.5) is 22.1 Å². The van der Waals surface area contributed by atoms with Crippen molar-refractivity contribution in [1.82, 2.24) is 24.5 Å². The molecular formula is C21H19N7O4. The summed E-state index contributed by atoms with van der Waals surface area (Å²) in [7, 11) is 0. The van der Waals surface area contributed by atoms with E-state index in [1.807, 2.05) is 12.1 Å². The molecule has 1 atom stereocenters. The van der Waals surface area contributed by atoms with Crippen LogP contribution in [-0.2, 0) is 9.47 Å². The van der Waals surface area contributed by atoms with Crippen LogP contribution < -0.4 is 16.3 Å². The molecule has 4 aromatic rings. The molecule has 0 radical (unpaired) electrons.